The molecular weight excluding hydrogens is 310 g/mol. The van der Waals surface area contributed by atoms with E-state index in [1.807, 2.05) is 36.4 Å². The molecule has 0 saturated carbocycles. The topological polar surface area (TPSA) is 49.2 Å². The van der Waals surface area contributed by atoms with Crippen molar-refractivity contribution in [3.8, 4) is 0 Å². The van der Waals surface area contributed by atoms with Gasteiger partial charge in [-0.25, -0.2) is 0 Å². The molecule has 0 amide bonds. The minimum atomic E-state index is -1.13. The molecule has 4 heteroatoms. The molecule has 25 heavy (non-hydrogen) atoms. The lowest BCUT2D eigenvalue weighted by Crippen LogP contribution is -2.44. The van der Waals surface area contributed by atoms with Gasteiger partial charge in [0, 0.05) is 24.5 Å². The maximum absolute atomic E-state index is 11.5. The van der Waals surface area contributed by atoms with Crippen molar-refractivity contribution in [2.45, 2.75) is 63.6 Å². The van der Waals surface area contributed by atoms with Crippen LogP contribution in [0.3, 0.4) is 0 Å². The van der Waals surface area contributed by atoms with E-state index in [1.54, 1.807) is 12.4 Å². The van der Waals surface area contributed by atoms with Crippen molar-refractivity contribution < 1.29 is 5.11 Å². The maximum atomic E-state index is 11.5. The second kappa shape index (κ2) is 8.07. The van der Waals surface area contributed by atoms with Crippen LogP contribution in [-0.4, -0.2) is 38.6 Å². The first-order valence-electron chi connectivity index (χ1n) is 9.42. The van der Waals surface area contributed by atoms with Crippen molar-refractivity contribution in [1.82, 2.24) is 14.9 Å². The van der Waals surface area contributed by atoms with Gasteiger partial charge in [0.15, 0.2) is 0 Å². The van der Waals surface area contributed by atoms with Gasteiger partial charge in [-0.3, -0.25) is 14.9 Å². The van der Waals surface area contributed by atoms with E-state index in [4.69, 9.17) is 0 Å². The molecule has 0 aromatic carbocycles. The standard InChI is InChI=1S/C21H29N3O/c1-17-9-7-10-18(2)24(17)16-8-13-21(25,19-11-3-5-14-22-19)20-12-4-6-15-23-20/h3-6,11-12,14-15,17-18,25H,7-10,13,16H2,1-2H3. The number of aliphatic hydroxyl groups is 1. The summed E-state index contributed by atoms with van der Waals surface area (Å²) < 4.78 is 0. The third-order valence-electron chi connectivity index (χ3n) is 5.51. The second-order valence-electron chi connectivity index (χ2n) is 7.26. The normalized spacial score (nSPS) is 22.0. The third-order valence-corrected chi connectivity index (χ3v) is 5.51. The lowest BCUT2D eigenvalue weighted by Gasteiger charge is -2.39. The van der Waals surface area contributed by atoms with Crippen molar-refractivity contribution in [3.63, 3.8) is 0 Å². The smallest absolute Gasteiger partial charge is 0.148 e. The second-order valence-corrected chi connectivity index (χ2v) is 7.26. The number of hydrogen-bond donors (Lipinski definition) is 1. The Balaban J connectivity index is 1.75. The zero-order chi connectivity index (χ0) is 17.7. The zero-order valence-corrected chi connectivity index (χ0v) is 15.3. The Morgan fingerprint density at radius 3 is 2.04 bits per heavy atom. The van der Waals surface area contributed by atoms with Crippen LogP contribution in [0.15, 0.2) is 48.8 Å². The predicted molar refractivity (Wildman–Crippen MR) is 100 cm³/mol. The molecule has 2 atom stereocenters. The Morgan fingerprint density at radius 2 is 1.56 bits per heavy atom. The van der Waals surface area contributed by atoms with Crippen LogP contribution in [0, 0.1) is 0 Å². The van der Waals surface area contributed by atoms with Gasteiger partial charge in [0.1, 0.15) is 5.60 Å². The summed E-state index contributed by atoms with van der Waals surface area (Å²) >= 11 is 0. The first kappa shape index (κ1) is 18.0. The summed E-state index contributed by atoms with van der Waals surface area (Å²) in [6.45, 7) is 5.64. The average Bonchev–Trinajstić information content (AvgIpc) is 2.65. The molecule has 1 fully saturated rings. The monoisotopic (exact) mass is 339 g/mol. The molecule has 0 bridgehead atoms. The lowest BCUT2D eigenvalue weighted by molar-refractivity contribution is 0.0456. The largest absolute Gasteiger partial charge is 0.377 e. The fraction of sp³-hybridized carbons (Fsp3) is 0.524. The van der Waals surface area contributed by atoms with Crippen molar-refractivity contribution in [1.29, 1.82) is 0 Å². The number of piperidine rings is 1. The van der Waals surface area contributed by atoms with Gasteiger partial charge in [-0.2, -0.15) is 0 Å². The van der Waals surface area contributed by atoms with Crippen LogP contribution in [0.1, 0.15) is 57.3 Å². The summed E-state index contributed by atoms with van der Waals surface area (Å²) in [4.78, 5) is 11.4. The molecule has 4 nitrogen and oxygen atoms in total. The molecule has 2 unspecified atom stereocenters. The Kier molecular flexibility index (Phi) is 5.82. The number of aromatic nitrogens is 2. The molecule has 1 aliphatic rings. The van der Waals surface area contributed by atoms with Crippen LogP contribution in [0.2, 0.25) is 0 Å². The Morgan fingerprint density at radius 1 is 1.00 bits per heavy atom. The van der Waals surface area contributed by atoms with Crippen molar-refractivity contribution in [2.75, 3.05) is 6.54 Å². The van der Waals surface area contributed by atoms with E-state index in [0.717, 1.165) is 13.0 Å². The minimum absolute atomic E-state index is 0.622. The van der Waals surface area contributed by atoms with Crippen LogP contribution in [0.4, 0.5) is 0 Å². The number of rotatable bonds is 6. The van der Waals surface area contributed by atoms with Gasteiger partial charge in [-0.15, -0.1) is 0 Å². The number of nitrogens with zero attached hydrogens (tertiary/aromatic N) is 3. The molecule has 0 aliphatic carbocycles. The summed E-state index contributed by atoms with van der Waals surface area (Å²) in [7, 11) is 0. The molecule has 2 aromatic heterocycles. The number of likely N-dealkylation sites (tertiary alicyclic amines) is 1. The van der Waals surface area contributed by atoms with Gasteiger partial charge in [-0.1, -0.05) is 18.6 Å². The van der Waals surface area contributed by atoms with Crippen molar-refractivity contribution >= 4 is 0 Å². The summed E-state index contributed by atoms with van der Waals surface area (Å²) in [5.74, 6) is 0. The predicted octanol–water partition coefficient (Wildman–Crippen LogP) is 3.76. The average molecular weight is 339 g/mol. The van der Waals surface area contributed by atoms with E-state index in [2.05, 4.69) is 28.7 Å². The van der Waals surface area contributed by atoms with Gasteiger partial charge in [-0.05, 0) is 70.3 Å². The molecule has 3 rings (SSSR count). The molecule has 1 N–H and O–H groups in total. The Bertz CT molecular complexity index is 597. The fourth-order valence-electron chi connectivity index (χ4n) is 4.04. The highest BCUT2D eigenvalue weighted by molar-refractivity contribution is 5.26. The van der Waals surface area contributed by atoms with Gasteiger partial charge in [0.2, 0.25) is 0 Å². The van der Waals surface area contributed by atoms with Gasteiger partial charge in [0.25, 0.3) is 0 Å². The van der Waals surface area contributed by atoms with E-state index in [1.165, 1.54) is 19.3 Å². The number of pyridine rings is 2. The van der Waals surface area contributed by atoms with E-state index in [-0.39, 0.29) is 0 Å². The highest BCUT2D eigenvalue weighted by atomic mass is 16.3. The van der Waals surface area contributed by atoms with Crippen LogP contribution in [0.25, 0.3) is 0 Å². The molecule has 1 aliphatic heterocycles. The van der Waals surface area contributed by atoms with Gasteiger partial charge >= 0.3 is 0 Å². The summed E-state index contributed by atoms with van der Waals surface area (Å²) in [6.07, 6.45) is 8.88. The molecule has 2 aromatic rings. The highest BCUT2D eigenvalue weighted by Crippen LogP contribution is 2.32. The number of hydrogen-bond acceptors (Lipinski definition) is 4. The molecular formula is C21H29N3O. The third kappa shape index (κ3) is 4.07. The fourth-order valence-corrected chi connectivity index (χ4v) is 4.04. The molecule has 1 saturated heterocycles. The van der Waals surface area contributed by atoms with Crippen molar-refractivity contribution in [2.24, 2.45) is 0 Å². The van der Waals surface area contributed by atoms with E-state index >= 15 is 0 Å². The van der Waals surface area contributed by atoms with Gasteiger partial charge in [0.05, 0.1) is 11.4 Å². The summed E-state index contributed by atoms with van der Waals surface area (Å²) in [6, 6.07) is 12.6. The van der Waals surface area contributed by atoms with Crippen LogP contribution in [0.5, 0.6) is 0 Å². The van der Waals surface area contributed by atoms with Crippen LogP contribution in [-0.2, 0) is 5.60 Å². The molecule has 0 radical (unpaired) electrons. The van der Waals surface area contributed by atoms with Crippen molar-refractivity contribution in [3.05, 3.63) is 60.2 Å². The molecule has 3 heterocycles. The molecule has 0 spiro atoms. The summed E-state index contributed by atoms with van der Waals surface area (Å²) in [5.41, 5.74) is 0.215. The summed E-state index contributed by atoms with van der Waals surface area (Å²) in [5, 5.41) is 11.5. The van der Waals surface area contributed by atoms with E-state index in [9.17, 15) is 5.11 Å². The van der Waals surface area contributed by atoms with Gasteiger partial charge < -0.3 is 5.11 Å². The first-order chi connectivity index (χ1) is 12.1. The first-order valence-corrected chi connectivity index (χ1v) is 9.42. The zero-order valence-electron chi connectivity index (χ0n) is 15.3. The Hall–Kier alpha value is -1.78. The lowest BCUT2D eigenvalue weighted by atomic mass is 9.88. The van der Waals surface area contributed by atoms with E-state index in [0.29, 0.717) is 29.9 Å². The molecule has 134 valence electrons. The highest BCUT2D eigenvalue weighted by Gasteiger charge is 2.34. The van der Waals surface area contributed by atoms with E-state index < -0.39 is 5.60 Å². The quantitative estimate of drug-likeness (QED) is 0.871. The SMILES string of the molecule is CC1CCCC(C)N1CCCC(O)(c1ccccn1)c1ccccn1. The van der Waals surface area contributed by atoms with Crippen LogP contribution < -0.4 is 0 Å². The minimum Gasteiger partial charge on any atom is -0.377 e. The Labute approximate surface area is 150 Å². The van der Waals surface area contributed by atoms with Crippen LogP contribution >= 0.6 is 0 Å². The maximum Gasteiger partial charge on any atom is 0.148 e.